The van der Waals surface area contributed by atoms with Crippen LogP contribution in [0.25, 0.3) is 0 Å². The van der Waals surface area contributed by atoms with E-state index in [9.17, 15) is 0 Å². The van der Waals surface area contributed by atoms with E-state index in [0.717, 1.165) is 11.9 Å². The van der Waals surface area contributed by atoms with Gasteiger partial charge in [-0.2, -0.15) is 4.98 Å². The fourth-order valence-electron chi connectivity index (χ4n) is 3.17. The van der Waals surface area contributed by atoms with Crippen LogP contribution in [0.4, 0.5) is 5.82 Å². The lowest BCUT2D eigenvalue weighted by Gasteiger charge is -2.35. The summed E-state index contributed by atoms with van der Waals surface area (Å²) in [6, 6.07) is 7.23. The molecule has 1 N–H and O–H groups in total. The first kappa shape index (κ1) is 11.8. The normalized spacial score (nSPS) is 27.8. The first-order valence-corrected chi connectivity index (χ1v) is 6.87. The van der Waals surface area contributed by atoms with Gasteiger partial charge in [0.2, 0.25) is 5.88 Å². The number of methoxy groups -OCH3 is 1. The van der Waals surface area contributed by atoms with Crippen molar-refractivity contribution in [1.82, 2.24) is 9.88 Å². The molecular weight excluding hydrogens is 226 g/mol. The van der Waals surface area contributed by atoms with Gasteiger partial charge in [-0.05, 0) is 38.3 Å². The van der Waals surface area contributed by atoms with Crippen LogP contribution in [0.15, 0.2) is 18.2 Å². The maximum Gasteiger partial charge on any atom is 0.214 e. The van der Waals surface area contributed by atoms with E-state index in [1.807, 2.05) is 18.2 Å². The molecule has 1 aromatic rings. The molecule has 0 bridgehead atoms. The number of hydrogen-bond acceptors (Lipinski definition) is 4. The number of fused-ring (bicyclic) bond motifs is 1. The van der Waals surface area contributed by atoms with Crippen LogP contribution < -0.4 is 10.1 Å². The number of ether oxygens (including phenoxy) is 1. The van der Waals surface area contributed by atoms with Gasteiger partial charge in [0.1, 0.15) is 5.82 Å². The lowest BCUT2D eigenvalue weighted by molar-refractivity contribution is 0.188. The van der Waals surface area contributed by atoms with Crippen LogP contribution in [-0.4, -0.2) is 42.2 Å². The maximum atomic E-state index is 5.15. The number of piperidine rings is 1. The topological polar surface area (TPSA) is 37.4 Å². The van der Waals surface area contributed by atoms with Gasteiger partial charge < -0.3 is 15.0 Å². The highest BCUT2D eigenvalue weighted by Crippen LogP contribution is 2.28. The second-order valence-corrected chi connectivity index (χ2v) is 5.26. The van der Waals surface area contributed by atoms with E-state index in [1.165, 1.54) is 38.8 Å². The molecule has 2 fully saturated rings. The van der Waals surface area contributed by atoms with Gasteiger partial charge in [0, 0.05) is 24.7 Å². The molecule has 2 atom stereocenters. The molecule has 1 aromatic heterocycles. The number of nitrogens with zero attached hydrogens (tertiary/aromatic N) is 2. The average molecular weight is 247 g/mol. The van der Waals surface area contributed by atoms with Crippen molar-refractivity contribution in [3.63, 3.8) is 0 Å². The van der Waals surface area contributed by atoms with Gasteiger partial charge in [-0.15, -0.1) is 0 Å². The highest BCUT2D eigenvalue weighted by Gasteiger charge is 2.31. The van der Waals surface area contributed by atoms with E-state index >= 15 is 0 Å². The van der Waals surface area contributed by atoms with Crippen LogP contribution >= 0.6 is 0 Å². The number of nitrogens with one attached hydrogen (secondary N) is 1. The van der Waals surface area contributed by atoms with E-state index < -0.39 is 0 Å². The molecule has 4 nitrogen and oxygen atoms in total. The third-order valence-electron chi connectivity index (χ3n) is 4.11. The highest BCUT2D eigenvalue weighted by atomic mass is 16.5. The molecule has 4 heteroatoms. The Morgan fingerprint density at radius 1 is 1.33 bits per heavy atom. The fourth-order valence-corrected chi connectivity index (χ4v) is 3.17. The molecule has 0 amide bonds. The quantitative estimate of drug-likeness (QED) is 0.888. The minimum atomic E-state index is 0.559. The molecule has 3 rings (SSSR count). The Bertz CT molecular complexity index is 410. The number of anilines is 1. The Labute approximate surface area is 108 Å². The van der Waals surface area contributed by atoms with E-state index in [1.54, 1.807) is 7.11 Å². The summed E-state index contributed by atoms with van der Waals surface area (Å²) in [4.78, 5) is 7.06. The highest BCUT2D eigenvalue weighted by molar-refractivity contribution is 5.38. The van der Waals surface area contributed by atoms with Gasteiger partial charge in [0.05, 0.1) is 7.11 Å². The Morgan fingerprint density at radius 3 is 3.17 bits per heavy atom. The van der Waals surface area contributed by atoms with Crippen LogP contribution in [0.5, 0.6) is 5.88 Å². The standard InChI is InChI=1S/C14H21N3O/c1-18-14-6-2-5-13(16-14)15-11-7-9-17-8-3-4-12(17)10-11/h2,5-6,11-12H,3-4,7-10H2,1H3,(H,15,16). The van der Waals surface area contributed by atoms with Gasteiger partial charge in [0.15, 0.2) is 0 Å². The summed E-state index contributed by atoms with van der Waals surface area (Å²) in [5.74, 6) is 1.61. The van der Waals surface area contributed by atoms with E-state index in [0.29, 0.717) is 11.9 Å². The molecule has 0 saturated carbocycles. The molecule has 18 heavy (non-hydrogen) atoms. The summed E-state index contributed by atoms with van der Waals surface area (Å²) in [5.41, 5.74) is 0. The molecule has 2 aliphatic rings. The van der Waals surface area contributed by atoms with Crippen LogP contribution in [0.2, 0.25) is 0 Å². The molecule has 98 valence electrons. The van der Waals surface area contributed by atoms with Gasteiger partial charge in [-0.3, -0.25) is 0 Å². The summed E-state index contributed by atoms with van der Waals surface area (Å²) < 4.78 is 5.15. The predicted octanol–water partition coefficient (Wildman–Crippen LogP) is 2.13. The molecular formula is C14H21N3O. The molecule has 3 heterocycles. The van der Waals surface area contributed by atoms with E-state index in [4.69, 9.17) is 4.74 Å². The van der Waals surface area contributed by atoms with Crippen molar-refractivity contribution in [2.24, 2.45) is 0 Å². The Kier molecular flexibility index (Phi) is 3.37. The molecule has 2 saturated heterocycles. The molecule has 0 spiro atoms. The second kappa shape index (κ2) is 5.14. The lowest BCUT2D eigenvalue weighted by Crippen LogP contribution is -2.42. The molecule has 0 aliphatic carbocycles. The number of rotatable bonds is 3. The monoisotopic (exact) mass is 247 g/mol. The van der Waals surface area contributed by atoms with Crippen LogP contribution in [-0.2, 0) is 0 Å². The zero-order chi connectivity index (χ0) is 12.4. The Morgan fingerprint density at radius 2 is 2.28 bits per heavy atom. The van der Waals surface area contributed by atoms with Crippen LogP contribution in [0, 0.1) is 0 Å². The first-order valence-electron chi connectivity index (χ1n) is 6.87. The van der Waals surface area contributed by atoms with Crippen molar-refractivity contribution in [1.29, 1.82) is 0 Å². The molecule has 2 unspecified atom stereocenters. The van der Waals surface area contributed by atoms with Crippen molar-refractivity contribution in [3.8, 4) is 5.88 Å². The van der Waals surface area contributed by atoms with Gasteiger partial charge in [0.25, 0.3) is 0 Å². The predicted molar refractivity (Wildman–Crippen MR) is 72.0 cm³/mol. The Hall–Kier alpha value is -1.29. The summed E-state index contributed by atoms with van der Waals surface area (Å²) in [6.07, 6.45) is 5.20. The largest absolute Gasteiger partial charge is 0.481 e. The first-order chi connectivity index (χ1) is 8.85. The third-order valence-corrected chi connectivity index (χ3v) is 4.11. The van der Waals surface area contributed by atoms with Gasteiger partial charge in [-0.1, -0.05) is 6.07 Å². The smallest absolute Gasteiger partial charge is 0.214 e. The van der Waals surface area contributed by atoms with Gasteiger partial charge >= 0.3 is 0 Å². The Balaban J connectivity index is 1.62. The summed E-state index contributed by atoms with van der Waals surface area (Å²) in [5, 5.41) is 3.55. The van der Waals surface area contributed by atoms with E-state index in [2.05, 4.69) is 15.2 Å². The lowest BCUT2D eigenvalue weighted by atomic mass is 9.97. The van der Waals surface area contributed by atoms with Crippen molar-refractivity contribution in [3.05, 3.63) is 18.2 Å². The number of aromatic nitrogens is 1. The number of hydrogen-bond donors (Lipinski definition) is 1. The van der Waals surface area contributed by atoms with Crippen molar-refractivity contribution >= 4 is 5.82 Å². The van der Waals surface area contributed by atoms with Crippen molar-refractivity contribution < 1.29 is 4.74 Å². The average Bonchev–Trinajstić information content (AvgIpc) is 2.86. The van der Waals surface area contributed by atoms with Crippen LogP contribution in [0.3, 0.4) is 0 Å². The third kappa shape index (κ3) is 2.43. The minimum Gasteiger partial charge on any atom is -0.481 e. The summed E-state index contributed by atoms with van der Waals surface area (Å²) in [7, 11) is 1.66. The van der Waals surface area contributed by atoms with Gasteiger partial charge in [-0.25, -0.2) is 0 Å². The van der Waals surface area contributed by atoms with Crippen LogP contribution in [0.1, 0.15) is 25.7 Å². The second-order valence-electron chi connectivity index (χ2n) is 5.26. The molecule has 0 aromatic carbocycles. The fraction of sp³-hybridized carbons (Fsp3) is 0.643. The van der Waals surface area contributed by atoms with E-state index in [-0.39, 0.29) is 0 Å². The van der Waals surface area contributed by atoms with Crippen molar-refractivity contribution in [2.45, 2.75) is 37.8 Å². The zero-order valence-electron chi connectivity index (χ0n) is 10.9. The summed E-state index contributed by atoms with van der Waals surface area (Å²) in [6.45, 7) is 2.53. The van der Waals surface area contributed by atoms with Crippen molar-refractivity contribution in [2.75, 3.05) is 25.5 Å². The summed E-state index contributed by atoms with van der Waals surface area (Å²) >= 11 is 0. The SMILES string of the molecule is COc1cccc(NC2CCN3CCCC3C2)n1. The molecule has 0 radical (unpaired) electrons. The zero-order valence-corrected chi connectivity index (χ0v) is 10.9. The maximum absolute atomic E-state index is 5.15. The minimum absolute atomic E-state index is 0.559. The number of pyridine rings is 1. The molecule has 2 aliphatic heterocycles.